The van der Waals surface area contributed by atoms with Gasteiger partial charge in [0.15, 0.2) is 0 Å². The number of nitrogens with two attached hydrogens (primary N) is 1. The molecule has 2 aromatic rings. The van der Waals surface area contributed by atoms with Gasteiger partial charge in [-0.25, -0.2) is 18.4 Å². The van der Waals surface area contributed by atoms with E-state index >= 15 is 0 Å². The van der Waals surface area contributed by atoms with E-state index < -0.39 is 16.1 Å². The van der Waals surface area contributed by atoms with Crippen LogP contribution in [0, 0.1) is 6.92 Å². The topological polar surface area (TPSA) is 101 Å². The average Bonchev–Trinajstić information content (AvgIpc) is 2.41. The van der Waals surface area contributed by atoms with E-state index in [1.54, 1.807) is 19.1 Å². The first kappa shape index (κ1) is 15.0. The van der Waals surface area contributed by atoms with Crippen molar-refractivity contribution >= 4 is 27.4 Å². The monoisotopic (exact) mass is 305 g/mol. The van der Waals surface area contributed by atoms with Crippen LogP contribution in [0.15, 0.2) is 53.4 Å². The predicted molar refractivity (Wildman–Crippen MR) is 81.6 cm³/mol. The Morgan fingerprint density at radius 2 is 1.71 bits per heavy atom. The summed E-state index contributed by atoms with van der Waals surface area (Å²) >= 11 is 0. The first-order valence-electron chi connectivity index (χ1n) is 6.13. The lowest BCUT2D eigenvalue weighted by atomic mass is 10.2. The van der Waals surface area contributed by atoms with Crippen LogP contribution in [0.25, 0.3) is 0 Å². The number of benzene rings is 2. The van der Waals surface area contributed by atoms with Crippen LogP contribution in [0.2, 0.25) is 0 Å². The highest BCUT2D eigenvalue weighted by molar-refractivity contribution is 7.89. The van der Waals surface area contributed by atoms with Crippen molar-refractivity contribution in [2.24, 2.45) is 5.14 Å². The van der Waals surface area contributed by atoms with Gasteiger partial charge in [-0.15, -0.1) is 0 Å². The molecule has 0 spiro atoms. The third-order valence-corrected chi connectivity index (χ3v) is 3.72. The van der Waals surface area contributed by atoms with Gasteiger partial charge >= 0.3 is 6.03 Å². The van der Waals surface area contributed by atoms with Gasteiger partial charge < -0.3 is 10.6 Å². The first-order valence-corrected chi connectivity index (χ1v) is 7.67. The normalized spacial score (nSPS) is 11.0. The highest BCUT2D eigenvalue weighted by Crippen LogP contribution is 2.19. The van der Waals surface area contributed by atoms with E-state index in [1.165, 1.54) is 18.2 Å². The number of aryl methyl sites for hydroxylation is 1. The van der Waals surface area contributed by atoms with Crippen molar-refractivity contribution in [2.75, 3.05) is 10.6 Å². The lowest BCUT2D eigenvalue weighted by Gasteiger charge is -2.10. The smallest absolute Gasteiger partial charge is 0.308 e. The number of nitrogens with one attached hydrogen (secondary N) is 2. The Bertz CT molecular complexity index is 758. The number of sulfonamides is 1. The summed E-state index contributed by atoms with van der Waals surface area (Å²) in [5.41, 5.74) is 1.77. The Labute approximate surface area is 123 Å². The molecule has 0 atom stereocenters. The van der Waals surface area contributed by atoms with Gasteiger partial charge in [0.2, 0.25) is 10.0 Å². The zero-order valence-electron chi connectivity index (χ0n) is 11.3. The maximum absolute atomic E-state index is 11.9. The number of hydrogen-bond acceptors (Lipinski definition) is 3. The molecule has 0 fully saturated rings. The summed E-state index contributed by atoms with van der Waals surface area (Å²) in [4.78, 5) is 11.9. The summed E-state index contributed by atoms with van der Waals surface area (Å²) in [5.74, 6) is 0. The molecule has 6 nitrogen and oxygen atoms in total. The van der Waals surface area contributed by atoms with Crippen molar-refractivity contribution in [2.45, 2.75) is 11.8 Å². The third-order valence-electron chi connectivity index (χ3n) is 2.81. The number of anilines is 2. The summed E-state index contributed by atoms with van der Waals surface area (Å²) in [6.07, 6.45) is 0. The zero-order valence-corrected chi connectivity index (χ0v) is 12.1. The fourth-order valence-corrected chi connectivity index (χ4v) is 2.36. The molecule has 21 heavy (non-hydrogen) atoms. The molecule has 110 valence electrons. The largest absolute Gasteiger partial charge is 0.323 e. The number of para-hydroxylation sites is 1. The van der Waals surface area contributed by atoms with Crippen LogP contribution in [0.5, 0.6) is 0 Å². The molecule has 0 bridgehead atoms. The average molecular weight is 305 g/mol. The van der Waals surface area contributed by atoms with Crippen LogP contribution in [0.3, 0.4) is 0 Å². The molecule has 0 aliphatic heterocycles. The number of primary sulfonamides is 1. The Morgan fingerprint density at radius 3 is 2.29 bits per heavy atom. The molecule has 2 rings (SSSR count). The Balaban J connectivity index is 2.11. The summed E-state index contributed by atoms with van der Waals surface area (Å²) in [7, 11) is -3.75. The molecule has 0 aliphatic carbocycles. The Kier molecular flexibility index (Phi) is 4.25. The van der Waals surface area contributed by atoms with Crippen molar-refractivity contribution < 1.29 is 13.2 Å². The standard InChI is InChI=1S/C14H15N3O3S/c1-10-9-12(21(15,19)20)7-8-13(10)17-14(18)16-11-5-3-2-4-6-11/h2-9H,1H3,(H2,15,19,20)(H2,16,17,18). The second-order valence-electron chi connectivity index (χ2n) is 4.47. The summed E-state index contributed by atoms with van der Waals surface area (Å²) < 4.78 is 22.5. The van der Waals surface area contributed by atoms with Gasteiger partial charge in [0.25, 0.3) is 0 Å². The maximum atomic E-state index is 11.9. The lowest BCUT2D eigenvalue weighted by molar-refractivity contribution is 0.262. The fraction of sp³-hybridized carbons (Fsp3) is 0.0714. The number of hydrogen-bond donors (Lipinski definition) is 3. The summed E-state index contributed by atoms with van der Waals surface area (Å²) in [6, 6.07) is 12.8. The number of rotatable bonds is 3. The molecule has 7 heteroatoms. The van der Waals surface area contributed by atoms with Crippen molar-refractivity contribution in [3.8, 4) is 0 Å². The van der Waals surface area contributed by atoms with E-state index in [1.807, 2.05) is 18.2 Å². The van der Waals surface area contributed by atoms with Gasteiger partial charge in [0.1, 0.15) is 0 Å². The first-order chi connectivity index (χ1) is 9.86. The van der Waals surface area contributed by atoms with E-state index in [4.69, 9.17) is 5.14 Å². The Morgan fingerprint density at radius 1 is 1.05 bits per heavy atom. The highest BCUT2D eigenvalue weighted by atomic mass is 32.2. The number of amides is 2. The van der Waals surface area contributed by atoms with E-state index in [-0.39, 0.29) is 4.90 Å². The Hall–Kier alpha value is -2.38. The van der Waals surface area contributed by atoms with Crippen LogP contribution in [0.1, 0.15) is 5.56 Å². The molecule has 4 N–H and O–H groups in total. The minimum atomic E-state index is -3.75. The van der Waals surface area contributed by atoms with E-state index in [0.29, 0.717) is 16.9 Å². The van der Waals surface area contributed by atoms with Gasteiger partial charge in [0, 0.05) is 11.4 Å². The van der Waals surface area contributed by atoms with Crippen LogP contribution in [-0.4, -0.2) is 14.4 Å². The van der Waals surface area contributed by atoms with Gasteiger partial charge in [0.05, 0.1) is 4.90 Å². The minimum absolute atomic E-state index is 0.00835. The number of urea groups is 1. The van der Waals surface area contributed by atoms with E-state index in [9.17, 15) is 13.2 Å². The predicted octanol–water partition coefficient (Wildman–Crippen LogP) is 2.29. The molecule has 0 saturated carbocycles. The molecular weight excluding hydrogens is 290 g/mol. The minimum Gasteiger partial charge on any atom is -0.308 e. The van der Waals surface area contributed by atoms with Gasteiger partial charge in [-0.1, -0.05) is 18.2 Å². The third kappa shape index (κ3) is 4.04. The quantitative estimate of drug-likeness (QED) is 0.810. The van der Waals surface area contributed by atoms with E-state index in [0.717, 1.165) is 0 Å². The second-order valence-corrected chi connectivity index (χ2v) is 6.03. The van der Waals surface area contributed by atoms with Crippen molar-refractivity contribution in [3.63, 3.8) is 0 Å². The van der Waals surface area contributed by atoms with Crippen molar-refractivity contribution in [1.82, 2.24) is 0 Å². The molecule has 0 aliphatic rings. The van der Waals surface area contributed by atoms with Crippen molar-refractivity contribution in [3.05, 3.63) is 54.1 Å². The van der Waals surface area contributed by atoms with E-state index in [2.05, 4.69) is 10.6 Å². The number of carbonyl (C=O) groups excluding carboxylic acids is 1. The summed E-state index contributed by atoms with van der Waals surface area (Å²) in [6.45, 7) is 1.69. The van der Waals surface area contributed by atoms with Crippen LogP contribution in [-0.2, 0) is 10.0 Å². The summed E-state index contributed by atoms with van der Waals surface area (Å²) in [5, 5.41) is 10.4. The molecule has 0 unspecified atom stereocenters. The van der Waals surface area contributed by atoms with Crippen LogP contribution < -0.4 is 15.8 Å². The number of carbonyl (C=O) groups is 1. The fourth-order valence-electron chi connectivity index (χ4n) is 1.76. The molecule has 0 saturated heterocycles. The molecule has 0 aromatic heterocycles. The SMILES string of the molecule is Cc1cc(S(N)(=O)=O)ccc1NC(=O)Nc1ccccc1. The molecular formula is C14H15N3O3S. The van der Waals surface area contributed by atoms with Gasteiger partial charge in [-0.2, -0.15) is 0 Å². The molecule has 2 aromatic carbocycles. The van der Waals surface area contributed by atoms with Gasteiger partial charge in [-0.05, 0) is 42.8 Å². The highest BCUT2D eigenvalue weighted by Gasteiger charge is 2.11. The van der Waals surface area contributed by atoms with Crippen LogP contribution >= 0.6 is 0 Å². The van der Waals surface area contributed by atoms with Crippen LogP contribution in [0.4, 0.5) is 16.2 Å². The zero-order chi connectivity index (χ0) is 15.5. The molecule has 2 amide bonds. The maximum Gasteiger partial charge on any atom is 0.323 e. The van der Waals surface area contributed by atoms with Crippen molar-refractivity contribution in [1.29, 1.82) is 0 Å². The second kappa shape index (κ2) is 5.94. The lowest BCUT2D eigenvalue weighted by Crippen LogP contribution is -2.20. The van der Waals surface area contributed by atoms with Gasteiger partial charge in [-0.3, -0.25) is 0 Å². The molecule has 0 radical (unpaired) electrons. The molecule has 0 heterocycles.